The second-order valence-corrected chi connectivity index (χ2v) is 2.59. The Hall–Kier alpha value is -1.22. The maximum absolute atomic E-state index is 12.6. The van der Waals surface area contributed by atoms with E-state index in [-0.39, 0.29) is 6.61 Å². The highest BCUT2D eigenvalue weighted by molar-refractivity contribution is 5.48. The van der Waals surface area contributed by atoms with Crippen LogP contribution in [0.1, 0.15) is 12.0 Å². The van der Waals surface area contributed by atoms with E-state index in [2.05, 4.69) is 0 Å². The SMILES string of the molecule is OCCC=Cc1ccc(F)c(F)c1. The Morgan fingerprint density at radius 2 is 2.00 bits per heavy atom. The summed E-state index contributed by atoms with van der Waals surface area (Å²) in [5.41, 5.74) is 0.590. The minimum absolute atomic E-state index is 0.0557. The van der Waals surface area contributed by atoms with Crippen LogP contribution in [0.5, 0.6) is 0 Å². The first-order chi connectivity index (χ1) is 6.24. The fraction of sp³-hybridized carbons (Fsp3) is 0.200. The Morgan fingerprint density at radius 3 is 2.62 bits per heavy atom. The lowest BCUT2D eigenvalue weighted by Crippen LogP contribution is -1.83. The fourth-order valence-corrected chi connectivity index (χ4v) is 0.910. The van der Waals surface area contributed by atoms with Crippen LogP contribution in [-0.4, -0.2) is 11.7 Å². The average Bonchev–Trinajstić information content (AvgIpc) is 2.12. The van der Waals surface area contributed by atoms with Gasteiger partial charge < -0.3 is 5.11 Å². The smallest absolute Gasteiger partial charge is 0.159 e. The van der Waals surface area contributed by atoms with E-state index in [4.69, 9.17) is 5.11 Å². The summed E-state index contributed by atoms with van der Waals surface area (Å²) in [5.74, 6) is -1.70. The molecule has 1 N–H and O–H groups in total. The summed E-state index contributed by atoms with van der Waals surface area (Å²) in [6.45, 7) is 0.0557. The molecule has 0 atom stereocenters. The van der Waals surface area contributed by atoms with Crippen LogP contribution in [0.25, 0.3) is 6.08 Å². The quantitative estimate of drug-likeness (QED) is 0.764. The predicted octanol–water partition coefficient (Wildman–Crippen LogP) is 2.36. The average molecular weight is 184 g/mol. The summed E-state index contributed by atoms with van der Waals surface area (Å²) < 4.78 is 25.1. The van der Waals surface area contributed by atoms with Crippen molar-refractivity contribution in [3.05, 3.63) is 41.5 Å². The second kappa shape index (κ2) is 4.72. The highest BCUT2D eigenvalue weighted by Gasteiger charge is 1.99. The maximum Gasteiger partial charge on any atom is 0.159 e. The van der Waals surface area contributed by atoms with E-state index < -0.39 is 11.6 Å². The molecule has 0 aromatic heterocycles. The van der Waals surface area contributed by atoms with Gasteiger partial charge in [-0.25, -0.2) is 8.78 Å². The van der Waals surface area contributed by atoms with Crippen molar-refractivity contribution < 1.29 is 13.9 Å². The number of aliphatic hydroxyl groups is 1. The Morgan fingerprint density at radius 1 is 1.23 bits per heavy atom. The first-order valence-corrected chi connectivity index (χ1v) is 3.96. The standard InChI is InChI=1S/C10H10F2O/c11-9-5-4-8(7-10(9)12)3-1-2-6-13/h1,3-5,7,13H,2,6H2. The predicted molar refractivity (Wildman–Crippen MR) is 47.1 cm³/mol. The molecular formula is C10H10F2O. The summed E-state index contributed by atoms with van der Waals surface area (Å²) >= 11 is 0. The van der Waals surface area contributed by atoms with Gasteiger partial charge in [0, 0.05) is 6.61 Å². The minimum Gasteiger partial charge on any atom is -0.396 e. The van der Waals surface area contributed by atoms with Crippen LogP contribution >= 0.6 is 0 Å². The van der Waals surface area contributed by atoms with Crippen LogP contribution in [0.3, 0.4) is 0 Å². The highest BCUT2D eigenvalue weighted by Crippen LogP contribution is 2.09. The molecule has 0 aliphatic rings. The van der Waals surface area contributed by atoms with E-state index in [0.717, 1.165) is 12.1 Å². The zero-order valence-electron chi connectivity index (χ0n) is 7.00. The van der Waals surface area contributed by atoms with Crippen molar-refractivity contribution in [3.8, 4) is 0 Å². The van der Waals surface area contributed by atoms with Gasteiger partial charge in [-0.1, -0.05) is 18.2 Å². The third-order valence-electron chi connectivity index (χ3n) is 1.55. The molecule has 70 valence electrons. The van der Waals surface area contributed by atoms with Gasteiger partial charge in [0.1, 0.15) is 0 Å². The van der Waals surface area contributed by atoms with Gasteiger partial charge in [0.25, 0.3) is 0 Å². The lowest BCUT2D eigenvalue weighted by molar-refractivity contribution is 0.303. The molecular weight excluding hydrogens is 174 g/mol. The summed E-state index contributed by atoms with van der Waals surface area (Å²) in [5, 5.41) is 8.46. The van der Waals surface area contributed by atoms with Crippen molar-refractivity contribution >= 4 is 6.08 Å². The van der Waals surface area contributed by atoms with Crippen molar-refractivity contribution in [3.63, 3.8) is 0 Å². The Bertz CT molecular complexity index is 308. The third-order valence-corrected chi connectivity index (χ3v) is 1.55. The van der Waals surface area contributed by atoms with Crippen molar-refractivity contribution in [2.24, 2.45) is 0 Å². The van der Waals surface area contributed by atoms with Crippen LogP contribution in [0.15, 0.2) is 24.3 Å². The Kier molecular flexibility index (Phi) is 3.58. The molecule has 1 aromatic carbocycles. The number of aliphatic hydroxyl groups excluding tert-OH is 1. The summed E-state index contributed by atoms with van der Waals surface area (Å²) in [7, 11) is 0. The summed E-state index contributed by atoms with van der Waals surface area (Å²) in [6.07, 6.45) is 3.85. The van der Waals surface area contributed by atoms with Gasteiger partial charge in [-0.3, -0.25) is 0 Å². The zero-order valence-corrected chi connectivity index (χ0v) is 7.00. The van der Waals surface area contributed by atoms with E-state index in [9.17, 15) is 8.78 Å². The summed E-state index contributed by atoms with van der Waals surface area (Å²) in [4.78, 5) is 0. The van der Waals surface area contributed by atoms with Gasteiger partial charge in [-0.05, 0) is 24.1 Å². The molecule has 0 bridgehead atoms. The number of benzene rings is 1. The number of rotatable bonds is 3. The van der Waals surface area contributed by atoms with Gasteiger partial charge in [0.15, 0.2) is 11.6 Å². The van der Waals surface area contributed by atoms with Crippen LogP contribution in [0.2, 0.25) is 0 Å². The fourth-order valence-electron chi connectivity index (χ4n) is 0.910. The van der Waals surface area contributed by atoms with Crippen molar-refractivity contribution in [2.45, 2.75) is 6.42 Å². The Balaban J connectivity index is 2.73. The molecule has 1 aromatic rings. The molecule has 0 amide bonds. The van der Waals surface area contributed by atoms with Crippen molar-refractivity contribution in [2.75, 3.05) is 6.61 Å². The van der Waals surface area contributed by atoms with Crippen molar-refractivity contribution in [1.82, 2.24) is 0 Å². The van der Waals surface area contributed by atoms with Crippen LogP contribution < -0.4 is 0 Å². The largest absolute Gasteiger partial charge is 0.396 e. The highest BCUT2D eigenvalue weighted by atomic mass is 19.2. The number of hydrogen-bond acceptors (Lipinski definition) is 1. The van der Waals surface area contributed by atoms with Gasteiger partial charge in [-0.2, -0.15) is 0 Å². The molecule has 1 rings (SSSR count). The first-order valence-electron chi connectivity index (χ1n) is 3.96. The molecule has 0 radical (unpaired) electrons. The second-order valence-electron chi connectivity index (χ2n) is 2.59. The minimum atomic E-state index is -0.855. The molecule has 0 saturated heterocycles. The number of hydrogen-bond donors (Lipinski definition) is 1. The topological polar surface area (TPSA) is 20.2 Å². The maximum atomic E-state index is 12.6. The van der Waals surface area contributed by atoms with Gasteiger partial charge in [0.05, 0.1) is 0 Å². The lowest BCUT2D eigenvalue weighted by atomic mass is 10.2. The molecule has 3 heteroatoms. The van der Waals surface area contributed by atoms with Gasteiger partial charge >= 0.3 is 0 Å². The first kappa shape index (κ1) is 9.86. The van der Waals surface area contributed by atoms with E-state index >= 15 is 0 Å². The van der Waals surface area contributed by atoms with Crippen LogP contribution in [0, 0.1) is 11.6 Å². The van der Waals surface area contributed by atoms with Crippen molar-refractivity contribution in [1.29, 1.82) is 0 Å². The summed E-state index contributed by atoms with van der Waals surface area (Å²) in [6, 6.07) is 3.67. The number of halogens is 2. The van der Waals surface area contributed by atoms with E-state index in [1.807, 2.05) is 0 Å². The van der Waals surface area contributed by atoms with E-state index in [1.54, 1.807) is 12.2 Å². The monoisotopic (exact) mass is 184 g/mol. The van der Waals surface area contributed by atoms with Gasteiger partial charge in [-0.15, -0.1) is 0 Å². The third kappa shape index (κ3) is 2.95. The zero-order chi connectivity index (χ0) is 9.68. The molecule has 0 fully saturated rings. The van der Waals surface area contributed by atoms with Crippen LogP contribution in [0.4, 0.5) is 8.78 Å². The molecule has 0 spiro atoms. The lowest BCUT2D eigenvalue weighted by Gasteiger charge is -1.94. The Labute approximate surface area is 75.3 Å². The molecule has 0 saturated carbocycles. The molecule has 13 heavy (non-hydrogen) atoms. The molecule has 0 aliphatic carbocycles. The van der Waals surface area contributed by atoms with Crippen LogP contribution in [-0.2, 0) is 0 Å². The molecule has 0 heterocycles. The molecule has 0 aliphatic heterocycles. The molecule has 1 nitrogen and oxygen atoms in total. The normalized spacial score (nSPS) is 11.0. The van der Waals surface area contributed by atoms with Gasteiger partial charge in [0.2, 0.25) is 0 Å². The van der Waals surface area contributed by atoms with E-state index in [0.29, 0.717) is 12.0 Å². The van der Waals surface area contributed by atoms with E-state index in [1.165, 1.54) is 6.07 Å². The molecule has 0 unspecified atom stereocenters.